The number of hydrogen-bond acceptors (Lipinski definition) is 2. The van der Waals surface area contributed by atoms with Gasteiger partial charge in [0, 0.05) is 6.04 Å². The van der Waals surface area contributed by atoms with Gasteiger partial charge in [-0.15, -0.1) is 0 Å². The van der Waals surface area contributed by atoms with Gasteiger partial charge in [0.05, 0.1) is 12.1 Å². The summed E-state index contributed by atoms with van der Waals surface area (Å²) in [5.74, 6) is 0.716. The molecule has 0 aliphatic carbocycles. The van der Waals surface area contributed by atoms with E-state index in [1.54, 1.807) is 7.11 Å². The number of rotatable bonds is 6. The lowest BCUT2D eigenvalue weighted by atomic mass is 9.99. The smallest absolute Gasteiger partial charge is 0.137 e. The molecule has 3 heteroatoms. The second-order valence-electron chi connectivity index (χ2n) is 4.76. The SMILES string of the molecule is CNC(CCc1ccccc1)c1ccc(OC)c(Cl)c1. The van der Waals surface area contributed by atoms with Gasteiger partial charge in [-0.1, -0.05) is 48.0 Å². The predicted octanol–water partition coefficient (Wildman–Crippen LogP) is 4.24. The maximum atomic E-state index is 6.19. The molecule has 20 heavy (non-hydrogen) atoms. The highest BCUT2D eigenvalue weighted by Gasteiger charge is 2.11. The van der Waals surface area contributed by atoms with Crippen LogP contribution in [0.2, 0.25) is 5.02 Å². The van der Waals surface area contributed by atoms with Crippen molar-refractivity contribution < 1.29 is 4.74 Å². The monoisotopic (exact) mass is 289 g/mol. The molecule has 0 saturated heterocycles. The third kappa shape index (κ3) is 3.75. The summed E-state index contributed by atoms with van der Waals surface area (Å²) >= 11 is 6.19. The molecule has 106 valence electrons. The zero-order valence-corrected chi connectivity index (χ0v) is 12.7. The second-order valence-corrected chi connectivity index (χ2v) is 5.17. The van der Waals surface area contributed by atoms with Crippen LogP contribution in [0.25, 0.3) is 0 Å². The largest absolute Gasteiger partial charge is 0.495 e. The van der Waals surface area contributed by atoms with Crippen LogP contribution in [0.3, 0.4) is 0 Å². The van der Waals surface area contributed by atoms with Crippen LogP contribution >= 0.6 is 11.6 Å². The van der Waals surface area contributed by atoms with E-state index in [0.29, 0.717) is 16.8 Å². The molecule has 0 aromatic heterocycles. The van der Waals surface area contributed by atoms with E-state index >= 15 is 0 Å². The summed E-state index contributed by atoms with van der Waals surface area (Å²) in [6.45, 7) is 0. The van der Waals surface area contributed by atoms with Crippen LogP contribution in [-0.4, -0.2) is 14.2 Å². The molecule has 0 aliphatic heterocycles. The van der Waals surface area contributed by atoms with E-state index in [4.69, 9.17) is 16.3 Å². The van der Waals surface area contributed by atoms with Gasteiger partial charge in [-0.05, 0) is 43.1 Å². The van der Waals surface area contributed by atoms with Gasteiger partial charge >= 0.3 is 0 Å². The summed E-state index contributed by atoms with van der Waals surface area (Å²) in [6, 6.07) is 16.8. The summed E-state index contributed by atoms with van der Waals surface area (Å²) < 4.78 is 5.19. The van der Waals surface area contributed by atoms with Crippen LogP contribution in [0.4, 0.5) is 0 Å². The molecule has 0 fully saturated rings. The summed E-state index contributed by atoms with van der Waals surface area (Å²) in [6.07, 6.45) is 2.07. The summed E-state index contributed by atoms with van der Waals surface area (Å²) in [4.78, 5) is 0. The Morgan fingerprint density at radius 1 is 1.15 bits per heavy atom. The van der Waals surface area contributed by atoms with Crippen molar-refractivity contribution >= 4 is 11.6 Å². The third-order valence-corrected chi connectivity index (χ3v) is 3.79. The Bertz CT molecular complexity index is 542. The molecule has 0 aliphatic rings. The number of ether oxygens (including phenoxy) is 1. The topological polar surface area (TPSA) is 21.3 Å². The maximum absolute atomic E-state index is 6.19. The molecule has 1 N–H and O–H groups in total. The highest BCUT2D eigenvalue weighted by molar-refractivity contribution is 6.32. The van der Waals surface area contributed by atoms with Gasteiger partial charge in [-0.25, -0.2) is 0 Å². The van der Waals surface area contributed by atoms with E-state index in [9.17, 15) is 0 Å². The minimum Gasteiger partial charge on any atom is -0.495 e. The number of benzene rings is 2. The van der Waals surface area contributed by atoms with Crippen LogP contribution in [0, 0.1) is 0 Å². The normalized spacial score (nSPS) is 12.2. The third-order valence-electron chi connectivity index (χ3n) is 3.49. The van der Waals surface area contributed by atoms with Gasteiger partial charge in [0.1, 0.15) is 5.75 Å². The van der Waals surface area contributed by atoms with Crippen molar-refractivity contribution in [3.63, 3.8) is 0 Å². The van der Waals surface area contributed by atoms with Crippen LogP contribution < -0.4 is 10.1 Å². The van der Waals surface area contributed by atoms with Gasteiger partial charge in [-0.2, -0.15) is 0 Å². The highest BCUT2D eigenvalue weighted by atomic mass is 35.5. The number of hydrogen-bond donors (Lipinski definition) is 1. The fourth-order valence-electron chi connectivity index (χ4n) is 2.33. The molecule has 2 nitrogen and oxygen atoms in total. The van der Waals surface area contributed by atoms with Crippen LogP contribution in [0.5, 0.6) is 5.75 Å². The fraction of sp³-hybridized carbons (Fsp3) is 0.294. The second kappa shape index (κ2) is 7.32. The molecule has 0 bridgehead atoms. The van der Waals surface area contributed by atoms with Gasteiger partial charge in [0.2, 0.25) is 0 Å². The van der Waals surface area contributed by atoms with E-state index in [1.165, 1.54) is 11.1 Å². The van der Waals surface area contributed by atoms with E-state index in [-0.39, 0.29) is 0 Å². The lowest BCUT2D eigenvalue weighted by Gasteiger charge is -2.17. The molecule has 0 spiro atoms. The van der Waals surface area contributed by atoms with E-state index in [0.717, 1.165) is 12.8 Å². The molecule has 0 heterocycles. The van der Waals surface area contributed by atoms with E-state index < -0.39 is 0 Å². The first-order valence-corrected chi connectivity index (χ1v) is 7.17. The van der Waals surface area contributed by atoms with Gasteiger partial charge < -0.3 is 10.1 Å². The average molecular weight is 290 g/mol. The van der Waals surface area contributed by atoms with Crippen molar-refractivity contribution in [2.45, 2.75) is 18.9 Å². The Morgan fingerprint density at radius 3 is 2.50 bits per heavy atom. The first-order valence-electron chi connectivity index (χ1n) is 6.79. The lowest BCUT2D eigenvalue weighted by molar-refractivity contribution is 0.414. The zero-order chi connectivity index (χ0) is 14.4. The molecule has 2 aromatic carbocycles. The standard InChI is InChI=1S/C17H20ClNO/c1-19-16(10-8-13-6-4-3-5-7-13)14-9-11-17(20-2)15(18)12-14/h3-7,9,11-12,16,19H,8,10H2,1-2H3. The zero-order valence-electron chi connectivity index (χ0n) is 11.9. The Labute approximate surface area is 125 Å². The fourth-order valence-corrected chi connectivity index (χ4v) is 2.60. The average Bonchev–Trinajstić information content (AvgIpc) is 2.49. The van der Waals surface area contributed by atoms with Crippen LogP contribution in [-0.2, 0) is 6.42 Å². The number of aryl methyl sites for hydroxylation is 1. The van der Waals surface area contributed by atoms with Crippen LogP contribution in [0.15, 0.2) is 48.5 Å². The molecular formula is C17H20ClNO. The Hall–Kier alpha value is -1.51. The van der Waals surface area contributed by atoms with Gasteiger partial charge in [0.25, 0.3) is 0 Å². The van der Waals surface area contributed by atoms with Gasteiger partial charge in [-0.3, -0.25) is 0 Å². The number of nitrogens with one attached hydrogen (secondary N) is 1. The van der Waals surface area contributed by atoms with Crippen molar-refractivity contribution in [2.24, 2.45) is 0 Å². The summed E-state index contributed by atoms with van der Waals surface area (Å²) in [5.41, 5.74) is 2.54. The first-order chi connectivity index (χ1) is 9.74. The van der Waals surface area contributed by atoms with Crippen molar-refractivity contribution in [2.75, 3.05) is 14.2 Å². The molecular weight excluding hydrogens is 270 g/mol. The Balaban J connectivity index is 2.06. The van der Waals surface area contributed by atoms with Crippen molar-refractivity contribution in [3.05, 3.63) is 64.7 Å². The molecule has 0 saturated carbocycles. The highest BCUT2D eigenvalue weighted by Crippen LogP contribution is 2.29. The number of halogens is 1. The quantitative estimate of drug-likeness (QED) is 0.859. The predicted molar refractivity (Wildman–Crippen MR) is 84.6 cm³/mol. The minimum absolute atomic E-state index is 0.290. The minimum atomic E-state index is 0.290. The Kier molecular flexibility index (Phi) is 5.45. The van der Waals surface area contributed by atoms with Crippen molar-refractivity contribution in [1.29, 1.82) is 0 Å². The Morgan fingerprint density at radius 2 is 1.90 bits per heavy atom. The molecule has 2 aromatic rings. The number of methoxy groups -OCH3 is 1. The van der Waals surface area contributed by atoms with Gasteiger partial charge in [0.15, 0.2) is 0 Å². The molecule has 0 amide bonds. The van der Waals surface area contributed by atoms with Crippen molar-refractivity contribution in [1.82, 2.24) is 5.32 Å². The maximum Gasteiger partial charge on any atom is 0.137 e. The van der Waals surface area contributed by atoms with Crippen molar-refractivity contribution in [3.8, 4) is 5.75 Å². The van der Waals surface area contributed by atoms with E-state index in [1.807, 2.05) is 25.2 Å². The molecule has 1 atom stereocenters. The van der Waals surface area contributed by atoms with Crippen LogP contribution in [0.1, 0.15) is 23.6 Å². The summed E-state index contributed by atoms with van der Waals surface area (Å²) in [5, 5.41) is 4.01. The first kappa shape index (κ1) is 14.9. The molecule has 0 radical (unpaired) electrons. The summed E-state index contributed by atoms with van der Waals surface area (Å²) in [7, 11) is 3.61. The van der Waals surface area contributed by atoms with E-state index in [2.05, 4.69) is 35.6 Å². The molecule has 1 unspecified atom stereocenters. The molecule has 2 rings (SSSR count). The lowest BCUT2D eigenvalue weighted by Crippen LogP contribution is -2.17.